The summed E-state index contributed by atoms with van der Waals surface area (Å²) in [5, 5.41) is 5.89. The second-order valence-corrected chi connectivity index (χ2v) is 4.85. The van der Waals surface area contributed by atoms with Gasteiger partial charge in [0.25, 0.3) is 0 Å². The molecule has 1 aromatic rings. The maximum atomic E-state index is 12.1. The Labute approximate surface area is 114 Å². The van der Waals surface area contributed by atoms with Gasteiger partial charge in [0, 0.05) is 19.6 Å². The van der Waals surface area contributed by atoms with Crippen molar-refractivity contribution in [2.45, 2.75) is 25.6 Å². The molecule has 1 saturated heterocycles. The summed E-state index contributed by atoms with van der Waals surface area (Å²) in [6, 6.07) is -0.661. The summed E-state index contributed by atoms with van der Waals surface area (Å²) in [6.07, 6.45) is 0.326. The minimum atomic E-state index is -4.38. The predicted octanol–water partition coefficient (Wildman–Crippen LogP) is 1.26. The summed E-state index contributed by atoms with van der Waals surface area (Å²) in [6.45, 7) is 0.236. The number of aromatic nitrogens is 3. The number of nitrogens with one attached hydrogen (secondary N) is 1. The molecule has 2 amide bonds. The second kappa shape index (κ2) is 6.10. The van der Waals surface area contributed by atoms with E-state index in [0.717, 1.165) is 12.8 Å². The normalized spacial score (nSPS) is 19.9. The van der Waals surface area contributed by atoms with Crippen LogP contribution in [0.15, 0.2) is 12.7 Å². The zero-order valence-electron chi connectivity index (χ0n) is 10.8. The Morgan fingerprint density at radius 1 is 1.45 bits per heavy atom. The minimum Gasteiger partial charge on any atom is -0.329 e. The lowest BCUT2D eigenvalue weighted by Crippen LogP contribution is -2.48. The Balaban J connectivity index is 1.82. The van der Waals surface area contributed by atoms with Crippen LogP contribution in [0.1, 0.15) is 12.8 Å². The first kappa shape index (κ1) is 14.6. The molecule has 1 fully saturated rings. The Morgan fingerprint density at radius 3 is 2.90 bits per heavy atom. The number of carbonyl (C=O) groups is 1. The van der Waals surface area contributed by atoms with Crippen LogP contribution in [0.3, 0.4) is 0 Å². The molecule has 1 aliphatic rings. The van der Waals surface area contributed by atoms with Gasteiger partial charge in [-0.15, -0.1) is 0 Å². The van der Waals surface area contributed by atoms with E-state index >= 15 is 0 Å². The van der Waals surface area contributed by atoms with Crippen molar-refractivity contribution in [2.24, 2.45) is 5.92 Å². The smallest absolute Gasteiger partial charge is 0.329 e. The van der Waals surface area contributed by atoms with Crippen molar-refractivity contribution >= 4 is 6.03 Å². The number of alkyl halides is 3. The third-order valence-corrected chi connectivity index (χ3v) is 3.16. The number of halogens is 3. The van der Waals surface area contributed by atoms with Crippen LogP contribution in [-0.2, 0) is 6.54 Å². The molecule has 0 bridgehead atoms. The Morgan fingerprint density at radius 2 is 2.25 bits per heavy atom. The third-order valence-electron chi connectivity index (χ3n) is 3.16. The number of nitrogens with zero attached hydrogens (tertiary/aromatic N) is 4. The Kier molecular flexibility index (Phi) is 4.46. The summed E-state index contributed by atoms with van der Waals surface area (Å²) < 4.78 is 37.8. The van der Waals surface area contributed by atoms with Crippen LogP contribution in [0.25, 0.3) is 0 Å². The number of carbonyl (C=O) groups excluding carboxylic acids is 1. The topological polar surface area (TPSA) is 63.1 Å². The molecule has 112 valence electrons. The summed E-state index contributed by atoms with van der Waals surface area (Å²) in [7, 11) is 0. The van der Waals surface area contributed by atoms with E-state index in [-0.39, 0.29) is 5.92 Å². The van der Waals surface area contributed by atoms with Crippen LogP contribution in [0.4, 0.5) is 18.0 Å². The van der Waals surface area contributed by atoms with Crippen molar-refractivity contribution in [3.8, 4) is 0 Å². The zero-order chi connectivity index (χ0) is 14.6. The van der Waals surface area contributed by atoms with Crippen molar-refractivity contribution in [1.29, 1.82) is 0 Å². The highest BCUT2D eigenvalue weighted by atomic mass is 19.4. The van der Waals surface area contributed by atoms with E-state index in [2.05, 4.69) is 10.1 Å². The lowest BCUT2D eigenvalue weighted by atomic mass is 9.98. The third kappa shape index (κ3) is 4.39. The molecule has 0 aliphatic carbocycles. The lowest BCUT2D eigenvalue weighted by Gasteiger charge is -2.32. The van der Waals surface area contributed by atoms with Gasteiger partial charge in [0.1, 0.15) is 19.2 Å². The molecule has 9 heteroatoms. The molecule has 1 atom stereocenters. The molecule has 2 heterocycles. The molecule has 6 nitrogen and oxygen atoms in total. The fourth-order valence-corrected chi connectivity index (χ4v) is 2.28. The first-order chi connectivity index (χ1) is 9.44. The van der Waals surface area contributed by atoms with Gasteiger partial charge in [-0.05, 0) is 18.8 Å². The van der Waals surface area contributed by atoms with Crippen molar-refractivity contribution in [2.75, 3.05) is 19.6 Å². The quantitative estimate of drug-likeness (QED) is 0.912. The average molecular weight is 291 g/mol. The average Bonchev–Trinajstić information content (AvgIpc) is 2.88. The van der Waals surface area contributed by atoms with Gasteiger partial charge in [0.2, 0.25) is 0 Å². The Hall–Kier alpha value is -1.80. The minimum absolute atomic E-state index is 0.182. The number of likely N-dealkylation sites (tertiary alicyclic amines) is 1. The molecule has 0 unspecified atom stereocenters. The van der Waals surface area contributed by atoms with Gasteiger partial charge in [-0.25, -0.2) is 9.78 Å². The predicted molar refractivity (Wildman–Crippen MR) is 63.8 cm³/mol. The highest BCUT2D eigenvalue weighted by Gasteiger charge is 2.30. The fourth-order valence-electron chi connectivity index (χ4n) is 2.28. The number of piperidine rings is 1. The van der Waals surface area contributed by atoms with Gasteiger partial charge in [0.05, 0.1) is 0 Å². The van der Waals surface area contributed by atoms with E-state index in [1.807, 2.05) is 5.32 Å². The van der Waals surface area contributed by atoms with Crippen LogP contribution in [0.2, 0.25) is 0 Å². The molecule has 20 heavy (non-hydrogen) atoms. The standard InChI is InChI=1S/C11H16F3N5O/c12-11(13,14)6-16-10(20)18-3-1-2-9(4-18)5-19-8-15-7-17-19/h7-9H,1-6H2,(H,16,20)/t9-/m1/s1. The molecular weight excluding hydrogens is 275 g/mol. The second-order valence-electron chi connectivity index (χ2n) is 4.85. The summed E-state index contributed by atoms with van der Waals surface area (Å²) in [5.41, 5.74) is 0. The largest absolute Gasteiger partial charge is 0.405 e. The van der Waals surface area contributed by atoms with Gasteiger partial charge in [-0.1, -0.05) is 0 Å². The van der Waals surface area contributed by atoms with E-state index in [1.54, 1.807) is 11.0 Å². The van der Waals surface area contributed by atoms with Gasteiger partial charge in [-0.2, -0.15) is 18.3 Å². The molecular formula is C11H16F3N5O. The first-order valence-corrected chi connectivity index (χ1v) is 6.36. The van der Waals surface area contributed by atoms with Gasteiger partial charge >= 0.3 is 12.2 Å². The van der Waals surface area contributed by atoms with Crippen molar-refractivity contribution < 1.29 is 18.0 Å². The van der Waals surface area contributed by atoms with Crippen LogP contribution in [-0.4, -0.2) is 51.5 Å². The molecule has 0 spiro atoms. The van der Waals surface area contributed by atoms with E-state index in [0.29, 0.717) is 19.6 Å². The van der Waals surface area contributed by atoms with Gasteiger partial charge in [0.15, 0.2) is 0 Å². The number of amides is 2. The zero-order valence-corrected chi connectivity index (χ0v) is 10.8. The van der Waals surface area contributed by atoms with Crippen LogP contribution in [0.5, 0.6) is 0 Å². The summed E-state index contributed by atoms with van der Waals surface area (Å²) >= 11 is 0. The number of hydrogen-bond donors (Lipinski definition) is 1. The molecule has 2 rings (SSSR count). The van der Waals surface area contributed by atoms with Crippen LogP contribution < -0.4 is 5.32 Å². The summed E-state index contributed by atoms with van der Waals surface area (Å²) in [5.74, 6) is 0.182. The van der Waals surface area contributed by atoms with Crippen molar-refractivity contribution in [1.82, 2.24) is 25.0 Å². The highest BCUT2D eigenvalue weighted by molar-refractivity contribution is 5.74. The maximum Gasteiger partial charge on any atom is 0.405 e. The number of urea groups is 1. The van der Waals surface area contributed by atoms with E-state index < -0.39 is 18.8 Å². The van der Waals surface area contributed by atoms with Gasteiger partial charge in [-0.3, -0.25) is 4.68 Å². The first-order valence-electron chi connectivity index (χ1n) is 6.36. The van der Waals surface area contributed by atoms with E-state index in [4.69, 9.17) is 0 Å². The number of rotatable bonds is 3. The number of hydrogen-bond acceptors (Lipinski definition) is 3. The lowest BCUT2D eigenvalue weighted by molar-refractivity contribution is -0.123. The van der Waals surface area contributed by atoms with Crippen LogP contribution in [0, 0.1) is 5.92 Å². The monoisotopic (exact) mass is 291 g/mol. The SMILES string of the molecule is O=C(NCC(F)(F)F)N1CCC[C@@H](Cn2cncn2)C1. The van der Waals surface area contributed by atoms with Crippen LogP contribution >= 0.6 is 0 Å². The molecule has 1 N–H and O–H groups in total. The summed E-state index contributed by atoms with van der Waals surface area (Å²) in [4.78, 5) is 16.9. The van der Waals surface area contributed by atoms with E-state index in [9.17, 15) is 18.0 Å². The molecule has 0 aromatic carbocycles. The van der Waals surface area contributed by atoms with Crippen molar-refractivity contribution in [3.05, 3.63) is 12.7 Å². The maximum absolute atomic E-state index is 12.1. The van der Waals surface area contributed by atoms with Gasteiger partial charge < -0.3 is 10.2 Å². The molecule has 0 radical (unpaired) electrons. The Bertz CT molecular complexity index is 434. The molecule has 1 aliphatic heterocycles. The van der Waals surface area contributed by atoms with E-state index in [1.165, 1.54) is 11.2 Å². The van der Waals surface area contributed by atoms with Crippen molar-refractivity contribution in [3.63, 3.8) is 0 Å². The fraction of sp³-hybridized carbons (Fsp3) is 0.727. The molecule has 0 saturated carbocycles. The highest BCUT2D eigenvalue weighted by Crippen LogP contribution is 2.18. The molecule has 1 aromatic heterocycles.